The van der Waals surface area contributed by atoms with Gasteiger partial charge in [0.15, 0.2) is 0 Å². The summed E-state index contributed by atoms with van der Waals surface area (Å²) >= 11 is 3.56. The second-order valence-corrected chi connectivity index (χ2v) is 8.59. The molecule has 1 heterocycles. The number of hydrogen-bond acceptors (Lipinski definition) is 6. The van der Waals surface area contributed by atoms with Gasteiger partial charge in [0.1, 0.15) is 5.75 Å². The fourth-order valence-electron chi connectivity index (χ4n) is 3.19. The van der Waals surface area contributed by atoms with Crippen LogP contribution in [0.3, 0.4) is 0 Å². The molecule has 0 saturated carbocycles. The van der Waals surface area contributed by atoms with Crippen LogP contribution in [-0.2, 0) is 9.53 Å². The lowest BCUT2D eigenvalue weighted by Gasteiger charge is -2.28. The lowest BCUT2D eigenvalue weighted by Crippen LogP contribution is -2.24. The van der Waals surface area contributed by atoms with Crippen LogP contribution in [0.25, 0.3) is 0 Å². The minimum absolute atomic E-state index is 0.253. The molecular weight excluding hydrogens is 390 g/mol. The van der Waals surface area contributed by atoms with Crippen molar-refractivity contribution < 1.29 is 14.3 Å². The molecule has 6 heteroatoms. The molecule has 1 unspecified atom stereocenters. The number of methoxy groups -OCH3 is 1. The molecule has 1 atom stereocenters. The lowest BCUT2D eigenvalue weighted by atomic mass is 10.1. The SMILES string of the molecule is CCC1CSc2cc(OCCC(=O)OC)c(SC)cc2N(c2ccccc2)C1. The highest BCUT2D eigenvalue weighted by Gasteiger charge is 2.24. The van der Waals surface area contributed by atoms with Crippen molar-refractivity contribution in [3.8, 4) is 5.75 Å². The number of thioether (sulfide) groups is 2. The van der Waals surface area contributed by atoms with Crippen LogP contribution >= 0.6 is 23.5 Å². The van der Waals surface area contributed by atoms with E-state index in [1.807, 2.05) is 11.8 Å². The highest BCUT2D eigenvalue weighted by atomic mass is 32.2. The molecular formula is C22H27NO3S2. The van der Waals surface area contributed by atoms with Crippen LogP contribution in [0.2, 0.25) is 0 Å². The Kier molecular flexibility index (Phi) is 7.57. The standard InChI is InChI=1S/C22H27NO3S2/c1-4-16-14-23(17-8-6-5-7-9-17)18-12-21(27-3)19(13-20(18)28-15-16)26-11-10-22(24)25-2/h5-9,12-13,16H,4,10-11,14-15H2,1-3H3. The van der Waals surface area contributed by atoms with Crippen LogP contribution in [0.1, 0.15) is 19.8 Å². The van der Waals surface area contributed by atoms with E-state index in [2.05, 4.69) is 60.5 Å². The summed E-state index contributed by atoms with van der Waals surface area (Å²) in [5.74, 6) is 2.30. The molecule has 1 aliphatic heterocycles. The summed E-state index contributed by atoms with van der Waals surface area (Å²) in [5.41, 5.74) is 2.45. The van der Waals surface area contributed by atoms with Crippen LogP contribution < -0.4 is 9.64 Å². The first-order valence-corrected chi connectivity index (χ1v) is 11.7. The molecule has 0 fully saturated rings. The Morgan fingerprint density at radius 3 is 2.75 bits per heavy atom. The van der Waals surface area contributed by atoms with E-state index >= 15 is 0 Å². The number of fused-ring (bicyclic) bond motifs is 1. The summed E-state index contributed by atoms with van der Waals surface area (Å²) in [7, 11) is 1.40. The third kappa shape index (κ3) is 4.97. The predicted octanol–water partition coefficient (Wildman–Crippen LogP) is 5.62. The number of carbonyl (C=O) groups is 1. The van der Waals surface area contributed by atoms with Crippen LogP contribution in [0, 0.1) is 5.92 Å². The van der Waals surface area contributed by atoms with E-state index in [9.17, 15) is 4.79 Å². The molecule has 0 amide bonds. The summed E-state index contributed by atoms with van der Waals surface area (Å²) in [6.07, 6.45) is 3.46. The monoisotopic (exact) mass is 417 g/mol. The third-order valence-corrected chi connectivity index (χ3v) is 6.92. The van der Waals surface area contributed by atoms with Crippen molar-refractivity contribution in [3.05, 3.63) is 42.5 Å². The second-order valence-electron chi connectivity index (χ2n) is 6.68. The van der Waals surface area contributed by atoms with Gasteiger partial charge < -0.3 is 14.4 Å². The van der Waals surface area contributed by atoms with Crippen LogP contribution in [0.15, 0.2) is 52.3 Å². The van der Waals surface area contributed by atoms with E-state index in [0.717, 1.165) is 29.4 Å². The van der Waals surface area contributed by atoms with E-state index in [0.29, 0.717) is 12.5 Å². The van der Waals surface area contributed by atoms with Crippen molar-refractivity contribution in [2.45, 2.75) is 29.6 Å². The summed E-state index contributed by atoms with van der Waals surface area (Å²) in [6, 6.07) is 14.9. The number of rotatable bonds is 7. The van der Waals surface area contributed by atoms with Gasteiger partial charge >= 0.3 is 5.97 Å². The van der Waals surface area contributed by atoms with Crippen LogP contribution in [0.4, 0.5) is 11.4 Å². The Labute approximate surface area is 176 Å². The van der Waals surface area contributed by atoms with E-state index in [4.69, 9.17) is 9.47 Å². The van der Waals surface area contributed by atoms with Gasteiger partial charge in [-0.2, -0.15) is 0 Å². The number of esters is 1. The lowest BCUT2D eigenvalue weighted by molar-refractivity contribution is -0.141. The van der Waals surface area contributed by atoms with Gasteiger partial charge in [0.05, 0.1) is 30.7 Å². The van der Waals surface area contributed by atoms with Crippen molar-refractivity contribution >= 4 is 40.9 Å². The van der Waals surface area contributed by atoms with Gasteiger partial charge in [0, 0.05) is 22.9 Å². The number of ether oxygens (including phenoxy) is 2. The average Bonchev–Trinajstić information content (AvgIpc) is 2.92. The largest absolute Gasteiger partial charge is 0.492 e. The van der Waals surface area contributed by atoms with Crippen LogP contribution in [0.5, 0.6) is 5.75 Å². The average molecular weight is 418 g/mol. The zero-order chi connectivity index (χ0) is 19.9. The zero-order valence-corrected chi connectivity index (χ0v) is 18.3. The zero-order valence-electron chi connectivity index (χ0n) is 16.6. The first-order chi connectivity index (χ1) is 13.7. The molecule has 0 aliphatic carbocycles. The number of benzene rings is 2. The molecule has 0 spiro atoms. The summed E-state index contributed by atoms with van der Waals surface area (Å²) in [6.45, 7) is 3.60. The van der Waals surface area contributed by atoms with Gasteiger partial charge in [-0.25, -0.2) is 0 Å². The van der Waals surface area contributed by atoms with Gasteiger partial charge in [-0.05, 0) is 36.4 Å². The Hall–Kier alpha value is -1.79. The van der Waals surface area contributed by atoms with Gasteiger partial charge in [0.25, 0.3) is 0 Å². The van der Waals surface area contributed by atoms with Crippen LogP contribution in [-0.4, -0.2) is 38.2 Å². The van der Waals surface area contributed by atoms with Gasteiger partial charge in [-0.1, -0.05) is 31.5 Å². The molecule has 0 aromatic heterocycles. The summed E-state index contributed by atoms with van der Waals surface area (Å²) in [4.78, 5) is 16.1. The summed E-state index contributed by atoms with van der Waals surface area (Å²) in [5, 5.41) is 0. The minimum atomic E-state index is -0.254. The number of para-hydroxylation sites is 1. The topological polar surface area (TPSA) is 38.8 Å². The third-order valence-electron chi connectivity index (χ3n) is 4.89. The van der Waals surface area contributed by atoms with E-state index < -0.39 is 0 Å². The van der Waals surface area contributed by atoms with Crippen molar-refractivity contribution in [2.24, 2.45) is 5.92 Å². The molecule has 28 heavy (non-hydrogen) atoms. The summed E-state index contributed by atoms with van der Waals surface area (Å²) < 4.78 is 10.7. The van der Waals surface area contributed by atoms with Crippen molar-refractivity contribution in [2.75, 3.05) is 37.2 Å². The maximum Gasteiger partial charge on any atom is 0.308 e. The molecule has 2 aromatic rings. The van der Waals surface area contributed by atoms with E-state index in [-0.39, 0.29) is 12.4 Å². The predicted molar refractivity (Wildman–Crippen MR) is 118 cm³/mol. The number of hydrogen-bond donors (Lipinski definition) is 0. The molecule has 4 nitrogen and oxygen atoms in total. The smallest absolute Gasteiger partial charge is 0.308 e. The maximum atomic E-state index is 11.4. The van der Waals surface area contributed by atoms with Gasteiger partial charge in [-0.3, -0.25) is 4.79 Å². The molecule has 150 valence electrons. The van der Waals surface area contributed by atoms with Crippen molar-refractivity contribution in [1.29, 1.82) is 0 Å². The quantitative estimate of drug-likeness (QED) is 0.430. The maximum absolute atomic E-state index is 11.4. The van der Waals surface area contributed by atoms with Gasteiger partial charge in [-0.15, -0.1) is 23.5 Å². The Morgan fingerprint density at radius 2 is 2.07 bits per heavy atom. The number of carbonyl (C=O) groups excluding carboxylic acids is 1. The van der Waals surface area contributed by atoms with Crippen molar-refractivity contribution in [1.82, 2.24) is 0 Å². The first kappa shape index (κ1) is 20.9. The molecule has 0 N–H and O–H groups in total. The van der Waals surface area contributed by atoms with E-state index in [1.54, 1.807) is 11.8 Å². The van der Waals surface area contributed by atoms with Gasteiger partial charge in [0.2, 0.25) is 0 Å². The number of nitrogens with zero attached hydrogens (tertiary/aromatic N) is 1. The normalized spacial score (nSPS) is 16.2. The molecule has 0 saturated heterocycles. The Morgan fingerprint density at radius 1 is 1.29 bits per heavy atom. The highest BCUT2D eigenvalue weighted by molar-refractivity contribution is 7.99. The Balaban J connectivity index is 1.94. The fraction of sp³-hybridized carbons (Fsp3) is 0.409. The van der Waals surface area contributed by atoms with E-state index in [1.165, 1.54) is 23.4 Å². The fourth-order valence-corrected chi connectivity index (χ4v) is 5.00. The first-order valence-electron chi connectivity index (χ1n) is 9.53. The molecule has 0 bridgehead atoms. The van der Waals surface area contributed by atoms with Crippen molar-refractivity contribution in [3.63, 3.8) is 0 Å². The molecule has 1 aliphatic rings. The minimum Gasteiger partial charge on any atom is -0.492 e. The molecule has 3 rings (SSSR count). The second kappa shape index (κ2) is 10.1. The Bertz CT molecular complexity index is 798. The number of anilines is 2. The highest BCUT2D eigenvalue weighted by Crippen LogP contribution is 2.45. The molecule has 0 radical (unpaired) electrons. The molecule has 2 aromatic carbocycles.